The molecule has 0 bridgehead atoms. The lowest BCUT2D eigenvalue weighted by atomic mass is 10.1. The van der Waals surface area contributed by atoms with Crippen LogP contribution in [0.5, 0.6) is 5.75 Å². The predicted molar refractivity (Wildman–Crippen MR) is 77.4 cm³/mol. The van der Waals surface area contributed by atoms with Crippen molar-refractivity contribution in [3.05, 3.63) is 68.7 Å². The smallest absolute Gasteiger partial charge is 0.282 e. The fourth-order valence-corrected chi connectivity index (χ4v) is 1.91. The van der Waals surface area contributed by atoms with Crippen molar-refractivity contribution >= 4 is 23.2 Å². The molecule has 0 aromatic heterocycles. The molecular formula is C14H11ClN2O4. The monoisotopic (exact) mass is 306 g/mol. The highest BCUT2D eigenvalue weighted by Crippen LogP contribution is 2.22. The Morgan fingerprint density at radius 2 is 1.90 bits per heavy atom. The number of carbonyl (C=O) groups is 1. The topological polar surface area (TPSA) is 92.5 Å². The fraction of sp³-hybridized carbons (Fsp3) is 0.0714. The molecule has 0 aliphatic rings. The lowest BCUT2D eigenvalue weighted by molar-refractivity contribution is -0.385. The largest absolute Gasteiger partial charge is 0.508 e. The number of rotatable bonds is 4. The van der Waals surface area contributed by atoms with E-state index < -0.39 is 10.8 Å². The number of nitro groups is 1. The summed E-state index contributed by atoms with van der Waals surface area (Å²) < 4.78 is 0. The van der Waals surface area contributed by atoms with Crippen molar-refractivity contribution in [2.24, 2.45) is 0 Å². The molecule has 1 amide bonds. The van der Waals surface area contributed by atoms with E-state index in [0.717, 1.165) is 5.56 Å². The van der Waals surface area contributed by atoms with Crippen LogP contribution in [0.15, 0.2) is 42.5 Å². The van der Waals surface area contributed by atoms with Crippen molar-refractivity contribution in [1.29, 1.82) is 0 Å². The van der Waals surface area contributed by atoms with Crippen LogP contribution in [0.4, 0.5) is 5.69 Å². The number of nitro benzene ring substituents is 1. The maximum atomic E-state index is 12.0. The number of amides is 1. The number of hydrogen-bond donors (Lipinski definition) is 2. The molecule has 2 aromatic rings. The Morgan fingerprint density at radius 3 is 2.52 bits per heavy atom. The van der Waals surface area contributed by atoms with E-state index in [4.69, 9.17) is 16.7 Å². The van der Waals surface area contributed by atoms with Crippen LogP contribution in [0.1, 0.15) is 15.9 Å². The van der Waals surface area contributed by atoms with Gasteiger partial charge in [-0.2, -0.15) is 0 Å². The molecule has 21 heavy (non-hydrogen) atoms. The van der Waals surface area contributed by atoms with Crippen LogP contribution in [0.2, 0.25) is 5.02 Å². The van der Waals surface area contributed by atoms with E-state index in [0.29, 0.717) is 0 Å². The Morgan fingerprint density at radius 1 is 1.24 bits per heavy atom. The highest BCUT2D eigenvalue weighted by Gasteiger charge is 2.20. The zero-order valence-corrected chi connectivity index (χ0v) is 11.5. The van der Waals surface area contributed by atoms with Crippen LogP contribution in [-0.2, 0) is 6.54 Å². The van der Waals surface area contributed by atoms with Gasteiger partial charge in [0.2, 0.25) is 0 Å². The van der Waals surface area contributed by atoms with Crippen molar-refractivity contribution in [3.8, 4) is 5.75 Å². The quantitative estimate of drug-likeness (QED) is 0.671. The summed E-state index contributed by atoms with van der Waals surface area (Å²) >= 11 is 5.77. The number of halogens is 1. The van der Waals surface area contributed by atoms with Crippen LogP contribution in [0, 0.1) is 10.1 Å². The summed E-state index contributed by atoms with van der Waals surface area (Å²) in [6.45, 7) is 0.183. The maximum absolute atomic E-state index is 12.0. The number of carbonyl (C=O) groups excluding carboxylic acids is 1. The molecule has 0 spiro atoms. The highest BCUT2D eigenvalue weighted by molar-refractivity contribution is 6.31. The fourth-order valence-electron chi connectivity index (χ4n) is 1.74. The second-order valence-electron chi connectivity index (χ2n) is 4.27. The standard InChI is InChI=1S/C14H11ClN2O4/c15-10-3-6-13(17(20)21)12(7-10)14(19)16-8-9-1-4-11(18)5-2-9/h1-7,18H,8H2,(H,16,19). The second kappa shape index (κ2) is 6.23. The normalized spacial score (nSPS) is 10.1. The first-order chi connectivity index (χ1) is 9.97. The summed E-state index contributed by atoms with van der Waals surface area (Å²) in [5, 5.41) is 22.9. The van der Waals surface area contributed by atoms with E-state index in [2.05, 4.69) is 5.32 Å². The van der Waals surface area contributed by atoms with Gasteiger partial charge in [-0.05, 0) is 29.8 Å². The predicted octanol–water partition coefficient (Wildman–Crippen LogP) is 2.88. The first-order valence-electron chi connectivity index (χ1n) is 5.97. The number of phenolic OH excluding ortho intramolecular Hbond substituents is 1. The lowest BCUT2D eigenvalue weighted by Gasteiger charge is -2.06. The first kappa shape index (κ1) is 14.8. The van der Waals surface area contributed by atoms with E-state index in [1.54, 1.807) is 12.1 Å². The summed E-state index contributed by atoms with van der Waals surface area (Å²) in [5.41, 5.74) is 0.361. The molecule has 7 heteroatoms. The molecule has 0 fully saturated rings. The van der Waals surface area contributed by atoms with Gasteiger partial charge < -0.3 is 10.4 Å². The molecule has 2 N–H and O–H groups in total. The first-order valence-corrected chi connectivity index (χ1v) is 6.35. The van der Waals surface area contributed by atoms with Gasteiger partial charge in [0.05, 0.1) is 4.92 Å². The molecule has 0 atom stereocenters. The van der Waals surface area contributed by atoms with Gasteiger partial charge in [0.1, 0.15) is 11.3 Å². The molecule has 0 saturated carbocycles. The number of aromatic hydroxyl groups is 1. The molecule has 108 valence electrons. The highest BCUT2D eigenvalue weighted by atomic mass is 35.5. The number of nitrogens with one attached hydrogen (secondary N) is 1. The Bertz CT molecular complexity index is 686. The van der Waals surface area contributed by atoms with Gasteiger partial charge in [-0.1, -0.05) is 23.7 Å². The van der Waals surface area contributed by atoms with Gasteiger partial charge in [0.25, 0.3) is 11.6 Å². The molecule has 0 saturated heterocycles. The van der Waals surface area contributed by atoms with Crippen molar-refractivity contribution in [2.75, 3.05) is 0 Å². The van der Waals surface area contributed by atoms with Crippen molar-refractivity contribution in [1.82, 2.24) is 5.32 Å². The molecule has 0 aliphatic heterocycles. The van der Waals surface area contributed by atoms with Crippen LogP contribution in [0.3, 0.4) is 0 Å². The van der Waals surface area contributed by atoms with Gasteiger partial charge in [0, 0.05) is 17.6 Å². The third-order valence-electron chi connectivity index (χ3n) is 2.79. The van der Waals surface area contributed by atoms with E-state index in [-0.39, 0.29) is 28.6 Å². The number of phenols is 1. The summed E-state index contributed by atoms with van der Waals surface area (Å²) in [7, 11) is 0. The third-order valence-corrected chi connectivity index (χ3v) is 3.02. The zero-order valence-electron chi connectivity index (χ0n) is 10.7. The number of benzene rings is 2. The van der Waals surface area contributed by atoms with Gasteiger partial charge in [-0.3, -0.25) is 14.9 Å². The minimum Gasteiger partial charge on any atom is -0.508 e. The molecule has 6 nitrogen and oxygen atoms in total. The van der Waals surface area contributed by atoms with Crippen LogP contribution >= 0.6 is 11.6 Å². The van der Waals surface area contributed by atoms with E-state index >= 15 is 0 Å². The Kier molecular flexibility index (Phi) is 4.39. The van der Waals surface area contributed by atoms with Crippen LogP contribution in [-0.4, -0.2) is 15.9 Å². The van der Waals surface area contributed by atoms with Crippen molar-refractivity contribution < 1.29 is 14.8 Å². The number of hydrogen-bond acceptors (Lipinski definition) is 4. The summed E-state index contributed by atoms with van der Waals surface area (Å²) in [6.07, 6.45) is 0. The molecule has 0 aliphatic carbocycles. The summed E-state index contributed by atoms with van der Waals surface area (Å²) in [4.78, 5) is 22.3. The van der Waals surface area contributed by atoms with Gasteiger partial charge >= 0.3 is 0 Å². The average molecular weight is 307 g/mol. The Balaban J connectivity index is 2.15. The molecule has 2 rings (SSSR count). The maximum Gasteiger partial charge on any atom is 0.282 e. The average Bonchev–Trinajstić information content (AvgIpc) is 2.46. The minimum atomic E-state index is -0.633. The van der Waals surface area contributed by atoms with E-state index in [1.807, 2.05) is 0 Å². The lowest BCUT2D eigenvalue weighted by Crippen LogP contribution is -2.23. The van der Waals surface area contributed by atoms with Gasteiger partial charge in [-0.15, -0.1) is 0 Å². The summed E-state index contributed by atoms with van der Waals surface area (Å²) in [5.74, 6) is -0.465. The summed E-state index contributed by atoms with van der Waals surface area (Å²) in [6, 6.07) is 10.1. The van der Waals surface area contributed by atoms with E-state index in [1.165, 1.54) is 30.3 Å². The molecule has 0 unspecified atom stereocenters. The molecular weight excluding hydrogens is 296 g/mol. The van der Waals surface area contributed by atoms with E-state index in [9.17, 15) is 14.9 Å². The SMILES string of the molecule is O=C(NCc1ccc(O)cc1)c1cc(Cl)ccc1[N+](=O)[O-]. The third kappa shape index (κ3) is 3.70. The molecule has 0 heterocycles. The number of nitrogens with zero attached hydrogens (tertiary/aromatic N) is 1. The van der Waals surface area contributed by atoms with Gasteiger partial charge in [-0.25, -0.2) is 0 Å². The Hall–Kier alpha value is -2.60. The van der Waals surface area contributed by atoms with Crippen LogP contribution in [0.25, 0.3) is 0 Å². The van der Waals surface area contributed by atoms with Crippen molar-refractivity contribution in [3.63, 3.8) is 0 Å². The molecule has 0 radical (unpaired) electrons. The van der Waals surface area contributed by atoms with Gasteiger partial charge in [0.15, 0.2) is 0 Å². The zero-order chi connectivity index (χ0) is 15.4. The minimum absolute atomic E-state index is 0.0914. The van der Waals surface area contributed by atoms with Crippen molar-refractivity contribution in [2.45, 2.75) is 6.54 Å². The Labute approximate surface area is 125 Å². The second-order valence-corrected chi connectivity index (χ2v) is 4.70. The van der Waals surface area contributed by atoms with Crippen LogP contribution < -0.4 is 5.32 Å². The molecule has 2 aromatic carbocycles.